The molecule has 0 fully saturated rings. The molecule has 0 aliphatic rings. The topological polar surface area (TPSA) is 44.4 Å². The summed E-state index contributed by atoms with van der Waals surface area (Å²) in [5.74, 6) is 0. The quantitative estimate of drug-likeness (QED) is 0.702. The van der Waals surface area contributed by atoms with Crippen LogP contribution in [0.15, 0.2) is 42.5 Å². The molecule has 25 heavy (non-hydrogen) atoms. The third kappa shape index (κ3) is 6.05. The van der Waals surface area contributed by atoms with E-state index < -0.39 is 0 Å². The monoisotopic (exact) mass is 341 g/mol. The molecular formula is C21H31N3O. The minimum Gasteiger partial charge on any atom is -0.338 e. The van der Waals surface area contributed by atoms with Crippen LogP contribution in [0.3, 0.4) is 0 Å². The molecule has 0 saturated carbocycles. The van der Waals surface area contributed by atoms with E-state index in [2.05, 4.69) is 66.8 Å². The normalized spacial score (nSPS) is 12.6. The maximum absolute atomic E-state index is 12.1. The van der Waals surface area contributed by atoms with Crippen LogP contribution in [0.25, 0.3) is 10.8 Å². The van der Waals surface area contributed by atoms with Crippen LogP contribution in [0.4, 0.5) is 4.79 Å². The summed E-state index contributed by atoms with van der Waals surface area (Å²) in [5, 5.41) is 8.39. The average molecular weight is 341 g/mol. The van der Waals surface area contributed by atoms with Crippen molar-refractivity contribution >= 4 is 16.8 Å². The van der Waals surface area contributed by atoms with Crippen LogP contribution >= 0.6 is 0 Å². The molecule has 0 aliphatic heterocycles. The predicted molar refractivity (Wildman–Crippen MR) is 106 cm³/mol. The van der Waals surface area contributed by atoms with E-state index in [1.165, 1.54) is 10.8 Å². The predicted octanol–water partition coefficient (Wildman–Crippen LogP) is 4.32. The lowest BCUT2D eigenvalue weighted by molar-refractivity contribution is 0.236. The Hall–Kier alpha value is -2.07. The van der Waals surface area contributed by atoms with Gasteiger partial charge in [-0.05, 0) is 69.6 Å². The Kier molecular flexibility index (Phi) is 7.26. The van der Waals surface area contributed by atoms with Crippen LogP contribution in [0, 0.1) is 0 Å². The second-order valence-corrected chi connectivity index (χ2v) is 7.01. The fourth-order valence-electron chi connectivity index (χ4n) is 2.75. The van der Waals surface area contributed by atoms with E-state index >= 15 is 0 Å². The zero-order valence-electron chi connectivity index (χ0n) is 15.9. The molecule has 0 spiro atoms. The second-order valence-electron chi connectivity index (χ2n) is 7.01. The van der Waals surface area contributed by atoms with Crippen LogP contribution < -0.4 is 10.6 Å². The van der Waals surface area contributed by atoms with Crippen molar-refractivity contribution in [1.29, 1.82) is 0 Å². The van der Waals surface area contributed by atoms with Crippen molar-refractivity contribution in [1.82, 2.24) is 15.5 Å². The van der Waals surface area contributed by atoms with Gasteiger partial charge in [0.2, 0.25) is 0 Å². The Balaban J connectivity index is 1.74. The Morgan fingerprint density at radius 2 is 1.76 bits per heavy atom. The van der Waals surface area contributed by atoms with Crippen molar-refractivity contribution in [2.75, 3.05) is 20.1 Å². The highest BCUT2D eigenvalue weighted by atomic mass is 16.2. The molecular weight excluding hydrogens is 310 g/mol. The summed E-state index contributed by atoms with van der Waals surface area (Å²) in [7, 11) is 2.13. The summed E-state index contributed by atoms with van der Waals surface area (Å²) < 4.78 is 0. The van der Waals surface area contributed by atoms with Crippen molar-refractivity contribution in [2.45, 2.75) is 45.7 Å². The zero-order valence-corrected chi connectivity index (χ0v) is 15.9. The number of amides is 2. The van der Waals surface area contributed by atoms with E-state index in [4.69, 9.17) is 0 Å². The third-order valence-electron chi connectivity index (χ3n) is 4.73. The summed E-state index contributed by atoms with van der Waals surface area (Å²) in [6, 6.07) is 15.0. The number of fused-ring (bicyclic) bond motifs is 1. The first-order valence-electron chi connectivity index (χ1n) is 9.20. The molecule has 1 atom stereocenters. The number of urea groups is 1. The van der Waals surface area contributed by atoms with E-state index in [0.717, 1.165) is 24.9 Å². The minimum absolute atomic E-state index is 0.0170. The van der Waals surface area contributed by atoms with Gasteiger partial charge in [0, 0.05) is 12.6 Å². The first kappa shape index (κ1) is 19.3. The second kappa shape index (κ2) is 9.42. The van der Waals surface area contributed by atoms with Crippen molar-refractivity contribution in [3.63, 3.8) is 0 Å². The molecule has 4 nitrogen and oxygen atoms in total. The van der Waals surface area contributed by atoms with Gasteiger partial charge in [-0.3, -0.25) is 0 Å². The Labute approximate surface area is 151 Å². The van der Waals surface area contributed by atoms with Crippen LogP contribution in [0.2, 0.25) is 0 Å². The summed E-state index contributed by atoms with van der Waals surface area (Å²) in [4.78, 5) is 14.4. The molecule has 0 radical (unpaired) electrons. The minimum atomic E-state index is -0.0992. The van der Waals surface area contributed by atoms with Gasteiger partial charge in [-0.15, -0.1) is 0 Å². The van der Waals surface area contributed by atoms with E-state index in [1.54, 1.807) is 0 Å². The number of carbonyl (C=O) groups is 1. The fourth-order valence-corrected chi connectivity index (χ4v) is 2.75. The van der Waals surface area contributed by atoms with E-state index in [1.807, 2.05) is 19.1 Å². The maximum Gasteiger partial charge on any atom is 0.315 e. The lowest BCUT2D eigenvalue weighted by atomic mass is 10.0. The number of hydrogen-bond acceptors (Lipinski definition) is 2. The van der Waals surface area contributed by atoms with Gasteiger partial charge >= 0.3 is 6.03 Å². The van der Waals surface area contributed by atoms with E-state index in [0.29, 0.717) is 12.6 Å². The lowest BCUT2D eigenvalue weighted by Gasteiger charge is -2.20. The van der Waals surface area contributed by atoms with E-state index in [9.17, 15) is 4.79 Å². The highest BCUT2D eigenvalue weighted by Gasteiger charge is 2.09. The van der Waals surface area contributed by atoms with Gasteiger partial charge in [0.25, 0.3) is 0 Å². The molecule has 2 aromatic rings. The molecule has 2 amide bonds. The Morgan fingerprint density at radius 1 is 1.04 bits per heavy atom. The first-order valence-corrected chi connectivity index (χ1v) is 9.20. The van der Waals surface area contributed by atoms with Gasteiger partial charge in [0.05, 0.1) is 6.04 Å². The SMILES string of the molecule is CC(NC(=O)NCCCCN(C)C(C)C)c1ccc2ccccc2c1. The van der Waals surface area contributed by atoms with Crippen LogP contribution in [-0.4, -0.2) is 37.1 Å². The fraction of sp³-hybridized carbons (Fsp3) is 0.476. The molecule has 2 aromatic carbocycles. The van der Waals surface area contributed by atoms with Crippen LogP contribution in [-0.2, 0) is 0 Å². The molecule has 0 heterocycles. The Bertz CT molecular complexity index is 684. The van der Waals surface area contributed by atoms with Gasteiger partial charge in [-0.1, -0.05) is 36.4 Å². The first-order chi connectivity index (χ1) is 12.0. The van der Waals surface area contributed by atoms with Crippen LogP contribution in [0.1, 0.15) is 45.2 Å². The number of carbonyl (C=O) groups excluding carboxylic acids is 1. The van der Waals surface area contributed by atoms with Crippen molar-refractivity contribution < 1.29 is 4.79 Å². The van der Waals surface area contributed by atoms with Gasteiger partial charge in [-0.2, -0.15) is 0 Å². The molecule has 4 heteroatoms. The van der Waals surface area contributed by atoms with Crippen molar-refractivity contribution in [3.05, 3.63) is 48.0 Å². The molecule has 1 unspecified atom stereocenters. The molecule has 2 rings (SSSR count). The van der Waals surface area contributed by atoms with Gasteiger partial charge in [-0.25, -0.2) is 4.79 Å². The molecule has 0 aliphatic carbocycles. The summed E-state index contributed by atoms with van der Waals surface area (Å²) in [6.45, 7) is 8.18. The highest BCUT2D eigenvalue weighted by molar-refractivity contribution is 5.83. The summed E-state index contributed by atoms with van der Waals surface area (Å²) in [5.41, 5.74) is 1.12. The van der Waals surface area contributed by atoms with Gasteiger partial charge in [0.1, 0.15) is 0 Å². The van der Waals surface area contributed by atoms with Gasteiger partial charge in [0.15, 0.2) is 0 Å². The third-order valence-corrected chi connectivity index (χ3v) is 4.73. The molecule has 0 saturated heterocycles. The highest BCUT2D eigenvalue weighted by Crippen LogP contribution is 2.20. The largest absolute Gasteiger partial charge is 0.338 e. The molecule has 136 valence electrons. The average Bonchev–Trinajstić information content (AvgIpc) is 2.60. The summed E-state index contributed by atoms with van der Waals surface area (Å²) in [6.07, 6.45) is 2.09. The number of nitrogens with zero attached hydrogens (tertiary/aromatic N) is 1. The number of rotatable bonds is 8. The molecule has 0 bridgehead atoms. The number of unbranched alkanes of at least 4 members (excludes halogenated alkanes) is 1. The zero-order chi connectivity index (χ0) is 18.2. The number of nitrogens with one attached hydrogen (secondary N) is 2. The van der Waals surface area contributed by atoms with Crippen molar-refractivity contribution in [2.24, 2.45) is 0 Å². The van der Waals surface area contributed by atoms with E-state index in [-0.39, 0.29) is 12.1 Å². The Morgan fingerprint density at radius 3 is 2.48 bits per heavy atom. The maximum atomic E-state index is 12.1. The number of benzene rings is 2. The lowest BCUT2D eigenvalue weighted by Crippen LogP contribution is -2.37. The summed E-state index contributed by atoms with van der Waals surface area (Å²) >= 11 is 0. The smallest absolute Gasteiger partial charge is 0.315 e. The molecule has 2 N–H and O–H groups in total. The molecule has 0 aromatic heterocycles. The van der Waals surface area contributed by atoms with Crippen LogP contribution in [0.5, 0.6) is 0 Å². The van der Waals surface area contributed by atoms with Gasteiger partial charge < -0.3 is 15.5 Å². The number of hydrogen-bond donors (Lipinski definition) is 2. The standard InChI is InChI=1S/C21H31N3O/c1-16(2)24(4)14-8-7-13-22-21(25)23-17(3)19-12-11-18-9-5-6-10-20(18)15-19/h5-6,9-12,15-17H,7-8,13-14H2,1-4H3,(H2,22,23,25). The van der Waals surface area contributed by atoms with Crippen molar-refractivity contribution in [3.8, 4) is 0 Å².